The molecule has 20 heavy (non-hydrogen) atoms. The summed E-state index contributed by atoms with van der Waals surface area (Å²) < 4.78 is 0. The zero-order chi connectivity index (χ0) is 14.1. The summed E-state index contributed by atoms with van der Waals surface area (Å²) in [6.07, 6.45) is 0. The topological polar surface area (TPSA) is 29.1 Å². The van der Waals surface area contributed by atoms with Crippen molar-refractivity contribution < 1.29 is 4.79 Å². The van der Waals surface area contributed by atoms with Crippen molar-refractivity contribution in [3.63, 3.8) is 0 Å². The number of carbonyl (C=O) groups excluding carboxylic acids is 1. The van der Waals surface area contributed by atoms with Gasteiger partial charge in [-0.3, -0.25) is 4.79 Å². The van der Waals surface area contributed by atoms with Crippen LogP contribution in [-0.2, 0) is 4.79 Å². The summed E-state index contributed by atoms with van der Waals surface area (Å²) in [6.45, 7) is 2.16. The van der Waals surface area contributed by atoms with Gasteiger partial charge in [-0.2, -0.15) is 0 Å². The molecule has 0 bridgehead atoms. The van der Waals surface area contributed by atoms with Gasteiger partial charge in [-0.05, 0) is 36.3 Å². The van der Waals surface area contributed by atoms with Gasteiger partial charge in [0.2, 0.25) is 0 Å². The van der Waals surface area contributed by atoms with Crippen LogP contribution in [0.3, 0.4) is 0 Å². The highest BCUT2D eigenvalue weighted by Gasteiger charge is 2.22. The fourth-order valence-electron chi connectivity index (χ4n) is 2.55. The Hall–Kier alpha value is -2.06. The molecule has 2 nitrogen and oxygen atoms in total. The first-order chi connectivity index (χ1) is 9.66. The van der Waals surface area contributed by atoms with Crippen LogP contribution in [0.4, 0.5) is 5.69 Å². The van der Waals surface area contributed by atoms with E-state index in [1.807, 2.05) is 48.5 Å². The van der Waals surface area contributed by atoms with Crippen LogP contribution < -0.4 is 5.32 Å². The number of ketones is 1. The summed E-state index contributed by atoms with van der Waals surface area (Å²) in [5.74, 6) is 0.0852. The maximum Gasteiger partial charge on any atom is 0.158 e. The summed E-state index contributed by atoms with van der Waals surface area (Å²) in [4.78, 5) is 11.9. The molecule has 1 heterocycles. The molecule has 0 amide bonds. The Kier molecular flexibility index (Phi) is 3.33. The smallest absolute Gasteiger partial charge is 0.158 e. The maximum atomic E-state index is 11.9. The minimum atomic E-state index is 0.0852. The van der Waals surface area contributed by atoms with E-state index in [2.05, 4.69) is 5.32 Å². The predicted octanol–water partition coefficient (Wildman–Crippen LogP) is 4.16. The lowest BCUT2D eigenvalue weighted by Gasteiger charge is -2.24. The van der Waals surface area contributed by atoms with Crippen LogP contribution in [0.1, 0.15) is 18.1 Å². The minimum absolute atomic E-state index is 0.0852. The molecular formula is C17H14ClNO. The van der Waals surface area contributed by atoms with Crippen molar-refractivity contribution in [1.29, 1.82) is 0 Å². The number of rotatable bonds is 2. The predicted molar refractivity (Wildman–Crippen MR) is 83.1 cm³/mol. The average Bonchev–Trinajstić information content (AvgIpc) is 2.46. The van der Waals surface area contributed by atoms with E-state index in [9.17, 15) is 4.79 Å². The maximum absolute atomic E-state index is 11.9. The van der Waals surface area contributed by atoms with Gasteiger partial charge in [-0.25, -0.2) is 0 Å². The van der Waals surface area contributed by atoms with Crippen LogP contribution in [0, 0.1) is 0 Å². The highest BCUT2D eigenvalue weighted by molar-refractivity contribution is 6.31. The van der Waals surface area contributed by atoms with E-state index in [1.54, 1.807) is 6.92 Å². The van der Waals surface area contributed by atoms with Crippen LogP contribution >= 0.6 is 11.6 Å². The summed E-state index contributed by atoms with van der Waals surface area (Å²) in [5.41, 5.74) is 4.82. The summed E-state index contributed by atoms with van der Waals surface area (Å²) in [7, 11) is 0. The highest BCUT2D eigenvalue weighted by atomic mass is 35.5. The lowest BCUT2D eigenvalue weighted by molar-refractivity contribution is -0.113. The standard InChI is InChI=1S/C17H14ClNO/c1-11(20)15-10-19-16-8-7-13(18)9-14(16)17(15)12-5-3-2-4-6-12/h2-9,19H,10H2,1H3. The molecular weight excluding hydrogens is 270 g/mol. The lowest BCUT2D eigenvalue weighted by Crippen LogP contribution is -2.19. The van der Waals surface area contributed by atoms with Gasteiger partial charge in [0.25, 0.3) is 0 Å². The molecule has 1 aliphatic heterocycles. The number of carbonyl (C=O) groups is 1. The third kappa shape index (κ3) is 2.23. The molecule has 0 radical (unpaired) electrons. The fraction of sp³-hybridized carbons (Fsp3) is 0.118. The number of nitrogens with one attached hydrogen (secondary N) is 1. The van der Waals surface area contributed by atoms with Crippen molar-refractivity contribution >= 4 is 28.6 Å². The van der Waals surface area contributed by atoms with Gasteiger partial charge in [0.05, 0.1) is 0 Å². The molecule has 0 aromatic heterocycles. The first-order valence-electron chi connectivity index (χ1n) is 6.50. The number of fused-ring (bicyclic) bond motifs is 1. The van der Waals surface area contributed by atoms with E-state index in [1.165, 1.54) is 0 Å². The molecule has 3 heteroatoms. The van der Waals surface area contributed by atoms with Crippen molar-refractivity contribution in [2.24, 2.45) is 0 Å². The number of Topliss-reactive ketones (excluding diaryl/α,β-unsaturated/α-hetero) is 1. The van der Waals surface area contributed by atoms with E-state index in [-0.39, 0.29) is 5.78 Å². The molecule has 0 spiro atoms. The summed E-state index contributed by atoms with van der Waals surface area (Å²) in [6, 6.07) is 15.7. The Morgan fingerprint density at radius 1 is 1.15 bits per heavy atom. The number of halogens is 1. The fourth-order valence-corrected chi connectivity index (χ4v) is 2.72. The summed E-state index contributed by atoms with van der Waals surface area (Å²) >= 11 is 6.12. The Balaban J connectivity index is 2.29. The second-order valence-electron chi connectivity index (χ2n) is 4.82. The second-order valence-corrected chi connectivity index (χ2v) is 5.26. The van der Waals surface area contributed by atoms with Gasteiger partial charge in [-0.1, -0.05) is 41.9 Å². The largest absolute Gasteiger partial charge is 0.380 e. The van der Waals surface area contributed by atoms with Crippen molar-refractivity contribution in [1.82, 2.24) is 0 Å². The number of anilines is 1. The molecule has 1 N–H and O–H groups in total. The highest BCUT2D eigenvalue weighted by Crippen LogP contribution is 2.37. The van der Waals surface area contributed by atoms with Gasteiger partial charge in [0.1, 0.15) is 0 Å². The van der Waals surface area contributed by atoms with Gasteiger partial charge in [0, 0.05) is 28.4 Å². The zero-order valence-electron chi connectivity index (χ0n) is 11.1. The van der Waals surface area contributed by atoms with Gasteiger partial charge < -0.3 is 5.32 Å². The van der Waals surface area contributed by atoms with Crippen LogP contribution in [0.5, 0.6) is 0 Å². The first-order valence-corrected chi connectivity index (χ1v) is 6.88. The monoisotopic (exact) mass is 283 g/mol. The molecule has 0 aliphatic carbocycles. The second kappa shape index (κ2) is 5.14. The molecule has 2 aromatic carbocycles. The molecule has 1 aliphatic rings. The molecule has 2 aromatic rings. The lowest BCUT2D eigenvalue weighted by atomic mass is 9.88. The van der Waals surface area contributed by atoms with Crippen LogP contribution in [0.15, 0.2) is 54.1 Å². The molecule has 0 unspecified atom stereocenters. The minimum Gasteiger partial charge on any atom is -0.380 e. The molecule has 0 saturated carbocycles. The van der Waals surface area contributed by atoms with Crippen molar-refractivity contribution in [3.05, 3.63) is 70.3 Å². The zero-order valence-corrected chi connectivity index (χ0v) is 11.9. The first kappa shape index (κ1) is 12.9. The SMILES string of the molecule is CC(=O)C1=C(c2ccccc2)c2cc(Cl)ccc2NC1. The van der Waals surface area contributed by atoms with Crippen LogP contribution in [-0.4, -0.2) is 12.3 Å². The quantitative estimate of drug-likeness (QED) is 0.897. The van der Waals surface area contributed by atoms with Crippen molar-refractivity contribution in [2.75, 3.05) is 11.9 Å². The Morgan fingerprint density at radius 2 is 1.90 bits per heavy atom. The molecule has 100 valence electrons. The van der Waals surface area contributed by atoms with Crippen LogP contribution in [0.2, 0.25) is 5.02 Å². The third-order valence-corrected chi connectivity index (χ3v) is 3.73. The summed E-state index contributed by atoms with van der Waals surface area (Å²) in [5, 5.41) is 3.95. The Morgan fingerprint density at radius 3 is 2.60 bits per heavy atom. The van der Waals surface area contributed by atoms with Crippen molar-refractivity contribution in [2.45, 2.75) is 6.92 Å². The molecule has 0 atom stereocenters. The Labute approximate surface area is 123 Å². The van der Waals surface area contributed by atoms with E-state index in [4.69, 9.17) is 11.6 Å². The van der Waals surface area contributed by atoms with E-state index in [0.29, 0.717) is 11.6 Å². The van der Waals surface area contributed by atoms with E-state index in [0.717, 1.165) is 28.0 Å². The van der Waals surface area contributed by atoms with Gasteiger partial charge in [0.15, 0.2) is 5.78 Å². The normalized spacial score (nSPS) is 13.7. The van der Waals surface area contributed by atoms with E-state index < -0.39 is 0 Å². The number of benzene rings is 2. The molecule has 0 saturated heterocycles. The van der Waals surface area contributed by atoms with Crippen molar-refractivity contribution in [3.8, 4) is 0 Å². The number of hydrogen-bond donors (Lipinski definition) is 1. The third-order valence-electron chi connectivity index (χ3n) is 3.50. The van der Waals surface area contributed by atoms with Gasteiger partial charge in [-0.15, -0.1) is 0 Å². The molecule has 3 rings (SSSR count). The van der Waals surface area contributed by atoms with E-state index >= 15 is 0 Å². The Bertz CT molecular complexity index is 704. The van der Waals surface area contributed by atoms with Gasteiger partial charge >= 0.3 is 0 Å². The average molecular weight is 284 g/mol. The van der Waals surface area contributed by atoms with Crippen LogP contribution in [0.25, 0.3) is 5.57 Å². The number of hydrogen-bond acceptors (Lipinski definition) is 2. The molecule has 0 fully saturated rings.